The van der Waals surface area contributed by atoms with Crippen LogP contribution in [-0.4, -0.2) is 19.7 Å². The molecule has 133 valence electrons. The molecular formula is C21H13IrN4S-. The average molecular weight is 546 g/mol. The van der Waals surface area contributed by atoms with Gasteiger partial charge in [0.25, 0.3) is 0 Å². The molecule has 0 fully saturated rings. The summed E-state index contributed by atoms with van der Waals surface area (Å²) >= 11 is 1.61. The van der Waals surface area contributed by atoms with E-state index < -0.39 is 0 Å². The summed E-state index contributed by atoms with van der Waals surface area (Å²) in [6, 6.07) is 25.7. The monoisotopic (exact) mass is 546 g/mol. The normalized spacial score (nSPS) is 10.7. The Bertz CT molecular complexity index is 1200. The predicted molar refractivity (Wildman–Crippen MR) is 104 cm³/mol. The first kappa shape index (κ1) is 17.7. The molecule has 2 aromatic heterocycles. The Morgan fingerprint density at radius 1 is 0.889 bits per heavy atom. The molecule has 0 bridgehead atoms. The van der Waals surface area contributed by atoms with Crippen molar-refractivity contribution in [2.24, 2.45) is 0 Å². The molecule has 0 saturated heterocycles. The molecule has 4 nitrogen and oxygen atoms in total. The van der Waals surface area contributed by atoms with E-state index in [2.05, 4.69) is 45.4 Å². The smallest absolute Gasteiger partial charge is 0.127 e. The Morgan fingerprint density at radius 2 is 1.70 bits per heavy atom. The van der Waals surface area contributed by atoms with Crippen LogP contribution in [0.15, 0.2) is 78.6 Å². The Hall–Kier alpha value is -2.66. The summed E-state index contributed by atoms with van der Waals surface area (Å²) in [5, 5.41) is 4.50. The molecule has 27 heavy (non-hydrogen) atoms. The zero-order valence-corrected chi connectivity index (χ0v) is 17.2. The number of rotatable bonds is 3. The van der Waals surface area contributed by atoms with Crippen LogP contribution in [0, 0.1) is 6.07 Å². The van der Waals surface area contributed by atoms with Gasteiger partial charge in [0, 0.05) is 31.2 Å². The summed E-state index contributed by atoms with van der Waals surface area (Å²) in [4.78, 5) is 9.01. The van der Waals surface area contributed by atoms with Gasteiger partial charge in [0.15, 0.2) is 0 Å². The van der Waals surface area contributed by atoms with Gasteiger partial charge in [-0.05, 0) is 16.3 Å². The van der Waals surface area contributed by atoms with Crippen LogP contribution >= 0.6 is 11.3 Å². The molecule has 0 unspecified atom stereocenters. The summed E-state index contributed by atoms with van der Waals surface area (Å²) < 4.78 is 2.98. The van der Waals surface area contributed by atoms with Crippen LogP contribution in [0.3, 0.4) is 0 Å². The Labute approximate surface area is 173 Å². The van der Waals surface area contributed by atoms with Crippen molar-refractivity contribution < 1.29 is 20.1 Å². The van der Waals surface area contributed by atoms with E-state index in [4.69, 9.17) is 0 Å². The van der Waals surface area contributed by atoms with Gasteiger partial charge in [-0.1, -0.05) is 54.1 Å². The second-order valence-corrected chi connectivity index (χ2v) is 6.68. The first-order chi connectivity index (χ1) is 12.9. The Morgan fingerprint density at radius 3 is 2.59 bits per heavy atom. The number of aromatic nitrogens is 4. The van der Waals surface area contributed by atoms with Crippen LogP contribution in [0.5, 0.6) is 0 Å². The van der Waals surface area contributed by atoms with Crippen molar-refractivity contribution in [2.75, 3.05) is 0 Å². The van der Waals surface area contributed by atoms with Gasteiger partial charge in [-0.2, -0.15) is 5.10 Å². The van der Waals surface area contributed by atoms with Gasteiger partial charge >= 0.3 is 0 Å². The number of para-hydroxylation sites is 1. The molecular weight excluding hydrogens is 533 g/mol. The fraction of sp³-hybridized carbons (Fsp3) is 0. The van der Waals surface area contributed by atoms with E-state index in [1.165, 1.54) is 0 Å². The van der Waals surface area contributed by atoms with E-state index in [9.17, 15) is 0 Å². The Balaban J connectivity index is 0.00000180. The van der Waals surface area contributed by atoms with Gasteiger partial charge in [-0.25, -0.2) is 0 Å². The third kappa shape index (κ3) is 3.12. The number of thiazole rings is 1. The van der Waals surface area contributed by atoms with E-state index in [1.54, 1.807) is 17.7 Å². The zero-order valence-electron chi connectivity index (χ0n) is 14.0. The van der Waals surface area contributed by atoms with Crippen molar-refractivity contribution >= 4 is 21.6 Å². The van der Waals surface area contributed by atoms with Gasteiger partial charge in [0.2, 0.25) is 0 Å². The predicted octanol–water partition coefficient (Wildman–Crippen LogP) is 5.01. The van der Waals surface area contributed by atoms with Crippen molar-refractivity contribution in [1.82, 2.24) is 19.7 Å². The topological polar surface area (TPSA) is 43.6 Å². The van der Waals surface area contributed by atoms with E-state index in [1.807, 2.05) is 52.7 Å². The molecule has 0 atom stereocenters. The molecule has 3 aromatic carbocycles. The number of hydrogen-bond acceptors (Lipinski definition) is 4. The molecule has 0 aliphatic heterocycles. The van der Waals surface area contributed by atoms with Crippen LogP contribution in [0.4, 0.5) is 0 Å². The fourth-order valence-electron chi connectivity index (χ4n) is 3.11. The van der Waals surface area contributed by atoms with Crippen LogP contribution in [0.2, 0.25) is 0 Å². The number of nitrogens with zero attached hydrogens (tertiary/aromatic N) is 4. The zero-order chi connectivity index (χ0) is 17.3. The molecule has 0 amide bonds. The summed E-state index contributed by atoms with van der Waals surface area (Å²) in [6.07, 6.45) is 1.58. The molecule has 0 N–H and O–H groups in total. The molecule has 2 heterocycles. The molecule has 5 aromatic rings. The van der Waals surface area contributed by atoms with Crippen molar-refractivity contribution in [3.05, 3.63) is 84.6 Å². The molecule has 6 heteroatoms. The number of fused-ring (bicyclic) bond motifs is 1. The van der Waals surface area contributed by atoms with Gasteiger partial charge < -0.3 is 0 Å². The van der Waals surface area contributed by atoms with Gasteiger partial charge in [-0.3, -0.25) is 14.6 Å². The molecule has 0 saturated carbocycles. The third-order valence-electron chi connectivity index (χ3n) is 4.28. The SMILES string of the molecule is [Ir].[c-]1ccc2scnc2c1-c1ncnn1-c1ccccc1-c1ccccc1. The summed E-state index contributed by atoms with van der Waals surface area (Å²) in [6.45, 7) is 0. The van der Waals surface area contributed by atoms with Crippen LogP contribution in [0.1, 0.15) is 0 Å². The minimum Gasteiger partial charge on any atom is -0.293 e. The Kier molecular flexibility index (Phi) is 4.94. The van der Waals surface area contributed by atoms with E-state index in [0.29, 0.717) is 0 Å². The first-order valence-electron chi connectivity index (χ1n) is 8.21. The first-order valence-corrected chi connectivity index (χ1v) is 9.09. The molecule has 5 rings (SSSR count). The standard InChI is InChI=1S/C21H13N4S.Ir/c1-2-7-15(8-3-1)16-9-4-5-11-18(16)25-21(22-13-24-25)17-10-6-12-19-20(17)23-14-26-19;/h1-9,11-14H;/q-1;. The molecule has 0 spiro atoms. The summed E-state index contributed by atoms with van der Waals surface area (Å²) in [7, 11) is 0. The van der Waals surface area contributed by atoms with Crippen molar-refractivity contribution in [3.8, 4) is 28.2 Å². The summed E-state index contributed by atoms with van der Waals surface area (Å²) in [5.74, 6) is 0.741. The second kappa shape index (κ2) is 7.53. The maximum Gasteiger partial charge on any atom is 0.127 e. The van der Waals surface area contributed by atoms with Crippen molar-refractivity contribution in [1.29, 1.82) is 0 Å². The van der Waals surface area contributed by atoms with Crippen LogP contribution in [-0.2, 0) is 20.1 Å². The van der Waals surface area contributed by atoms with E-state index >= 15 is 0 Å². The minimum absolute atomic E-state index is 0. The van der Waals surface area contributed by atoms with Crippen molar-refractivity contribution in [3.63, 3.8) is 0 Å². The largest absolute Gasteiger partial charge is 0.293 e. The molecule has 0 aliphatic rings. The second-order valence-electron chi connectivity index (χ2n) is 5.80. The minimum atomic E-state index is 0. The molecule has 0 aliphatic carbocycles. The van der Waals surface area contributed by atoms with Crippen LogP contribution < -0.4 is 0 Å². The van der Waals surface area contributed by atoms with Crippen LogP contribution in [0.25, 0.3) is 38.4 Å². The quantitative estimate of drug-likeness (QED) is 0.300. The van der Waals surface area contributed by atoms with Gasteiger partial charge in [0.05, 0.1) is 17.0 Å². The van der Waals surface area contributed by atoms with E-state index in [-0.39, 0.29) is 20.1 Å². The van der Waals surface area contributed by atoms with Gasteiger partial charge in [-0.15, -0.1) is 29.5 Å². The fourth-order valence-corrected chi connectivity index (χ4v) is 3.79. The third-order valence-corrected chi connectivity index (χ3v) is 5.08. The summed E-state index contributed by atoms with van der Waals surface area (Å²) in [5.41, 5.74) is 6.84. The number of benzene rings is 3. The van der Waals surface area contributed by atoms with Gasteiger partial charge in [0.1, 0.15) is 6.33 Å². The number of hydrogen-bond donors (Lipinski definition) is 0. The molecule has 1 radical (unpaired) electrons. The van der Waals surface area contributed by atoms with E-state index in [0.717, 1.165) is 38.4 Å². The average Bonchev–Trinajstić information content (AvgIpc) is 3.38. The van der Waals surface area contributed by atoms with Crippen molar-refractivity contribution in [2.45, 2.75) is 0 Å². The maximum atomic E-state index is 4.51. The maximum absolute atomic E-state index is 4.51.